The monoisotopic (exact) mass is 547 g/mol. The minimum atomic E-state index is -1.16. The highest BCUT2D eigenvalue weighted by atomic mass is 16.6. The Morgan fingerprint density at radius 2 is 1.95 bits per heavy atom. The molecule has 10 heteroatoms. The second kappa shape index (κ2) is 12.1. The predicted molar refractivity (Wildman–Crippen MR) is 145 cm³/mol. The first-order valence-electron chi connectivity index (χ1n) is 14.2. The van der Waals surface area contributed by atoms with Crippen molar-refractivity contribution < 1.29 is 33.7 Å². The van der Waals surface area contributed by atoms with E-state index in [2.05, 4.69) is 18.1 Å². The third-order valence-corrected chi connectivity index (χ3v) is 8.84. The molecule has 2 amide bonds. The summed E-state index contributed by atoms with van der Waals surface area (Å²) in [4.78, 5) is 47.6. The zero-order chi connectivity index (χ0) is 28.4. The quantitative estimate of drug-likeness (QED) is 0.271. The lowest BCUT2D eigenvalue weighted by atomic mass is 9.66. The fourth-order valence-corrected chi connectivity index (χ4v) is 7.15. The van der Waals surface area contributed by atoms with Crippen molar-refractivity contribution >= 4 is 17.8 Å². The number of rotatable bonds is 13. The molecule has 4 saturated heterocycles. The molecular weight excluding hydrogens is 502 g/mol. The van der Waals surface area contributed by atoms with Gasteiger partial charge in [0, 0.05) is 32.7 Å². The van der Waals surface area contributed by atoms with Gasteiger partial charge in [0.05, 0.1) is 37.4 Å². The highest BCUT2D eigenvalue weighted by Crippen LogP contribution is 2.63. The molecule has 4 aliphatic rings. The van der Waals surface area contributed by atoms with Crippen molar-refractivity contribution in [2.24, 2.45) is 17.8 Å². The van der Waals surface area contributed by atoms with E-state index >= 15 is 0 Å². The number of amides is 2. The van der Waals surface area contributed by atoms with E-state index in [4.69, 9.17) is 14.2 Å². The van der Waals surface area contributed by atoms with E-state index in [1.54, 1.807) is 15.9 Å². The molecule has 0 radical (unpaired) electrons. The van der Waals surface area contributed by atoms with Gasteiger partial charge >= 0.3 is 5.97 Å². The van der Waals surface area contributed by atoms with Gasteiger partial charge < -0.3 is 29.1 Å². The van der Waals surface area contributed by atoms with E-state index in [0.29, 0.717) is 52.1 Å². The largest absolute Gasteiger partial charge is 0.461 e. The van der Waals surface area contributed by atoms with Crippen molar-refractivity contribution in [1.29, 1.82) is 0 Å². The van der Waals surface area contributed by atoms with Gasteiger partial charge in [-0.05, 0) is 32.1 Å². The normalized spacial score (nSPS) is 32.8. The minimum Gasteiger partial charge on any atom is -0.461 e. The highest BCUT2D eigenvalue weighted by molar-refractivity contribution is 5.98. The maximum Gasteiger partial charge on any atom is 0.313 e. The van der Waals surface area contributed by atoms with Crippen molar-refractivity contribution in [3.05, 3.63) is 25.3 Å². The number of esters is 1. The Kier molecular flexibility index (Phi) is 9.20. The van der Waals surface area contributed by atoms with Crippen LogP contribution in [0.15, 0.2) is 25.3 Å². The van der Waals surface area contributed by atoms with Crippen LogP contribution in [0.4, 0.5) is 0 Å². The molecule has 2 bridgehead atoms. The molecule has 10 nitrogen and oxygen atoms in total. The molecule has 4 fully saturated rings. The van der Waals surface area contributed by atoms with E-state index < -0.39 is 41.1 Å². The van der Waals surface area contributed by atoms with Crippen LogP contribution in [-0.4, -0.2) is 120 Å². The summed E-state index contributed by atoms with van der Waals surface area (Å²) in [5.41, 5.74) is -2.07. The Morgan fingerprint density at radius 1 is 1.23 bits per heavy atom. The first-order valence-corrected chi connectivity index (χ1v) is 14.2. The topological polar surface area (TPSA) is 109 Å². The van der Waals surface area contributed by atoms with Crippen LogP contribution in [0.5, 0.6) is 0 Å². The molecule has 4 aliphatic heterocycles. The van der Waals surface area contributed by atoms with Gasteiger partial charge in [-0.15, -0.1) is 6.58 Å². The molecule has 1 N–H and O–H groups in total. The third kappa shape index (κ3) is 5.40. The molecule has 2 unspecified atom stereocenters. The minimum absolute atomic E-state index is 0.0344. The van der Waals surface area contributed by atoms with Gasteiger partial charge in [0.1, 0.15) is 24.2 Å². The number of carbonyl (C=O) groups is 3. The molecule has 0 aliphatic carbocycles. The summed E-state index contributed by atoms with van der Waals surface area (Å²) in [6.07, 6.45) is 4.71. The molecule has 218 valence electrons. The van der Waals surface area contributed by atoms with Gasteiger partial charge in [0.2, 0.25) is 11.8 Å². The Morgan fingerprint density at radius 3 is 2.56 bits per heavy atom. The Bertz CT molecular complexity index is 951. The fraction of sp³-hybridized carbons (Fsp3) is 0.759. The number of nitrogens with zero attached hydrogens (tertiary/aromatic N) is 3. The number of likely N-dealkylation sites (tertiary alicyclic amines) is 1. The number of ether oxygens (including phenoxy) is 3. The van der Waals surface area contributed by atoms with Crippen LogP contribution in [0.3, 0.4) is 0 Å². The van der Waals surface area contributed by atoms with Crippen molar-refractivity contribution in [3.8, 4) is 0 Å². The summed E-state index contributed by atoms with van der Waals surface area (Å²) in [6.45, 7) is 17.5. The van der Waals surface area contributed by atoms with Gasteiger partial charge in [-0.1, -0.05) is 32.6 Å². The Hall–Kier alpha value is -2.27. The van der Waals surface area contributed by atoms with Gasteiger partial charge in [-0.3, -0.25) is 19.3 Å². The summed E-state index contributed by atoms with van der Waals surface area (Å²) in [5.74, 6) is -2.57. The number of aliphatic hydroxyl groups is 1. The van der Waals surface area contributed by atoms with Crippen molar-refractivity contribution in [2.45, 2.75) is 63.3 Å². The third-order valence-electron chi connectivity index (χ3n) is 8.84. The second-order valence-electron chi connectivity index (χ2n) is 11.9. The van der Waals surface area contributed by atoms with Crippen molar-refractivity contribution in [2.75, 3.05) is 59.2 Å². The molecule has 4 rings (SSSR count). The molecule has 0 aromatic heterocycles. The number of morpholine rings is 1. The van der Waals surface area contributed by atoms with Crippen LogP contribution in [-0.2, 0) is 28.6 Å². The Balaban J connectivity index is 1.71. The lowest BCUT2D eigenvalue weighted by Crippen LogP contribution is -2.59. The summed E-state index contributed by atoms with van der Waals surface area (Å²) in [5, 5.41) is 10.4. The maximum absolute atomic E-state index is 14.5. The van der Waals surface area contributed by atoms with Crippen LogP contribution in [0.2, 0.25) is 0 Å². The van der Waals surface area contributed by atoms with Crippen LogP contribution in [0.1, 0.15) is 40.0 Å². The molecule has 4 heterocycles. The van der Waals surface area contributed by atoms with Crippen LogP contribution < -0.4 is 0 Å². The van der Waals surface area contributed by atoms with Crippen molar-refractivity contribution in [1.82, 2.24) is 14.7 Å². The molecule has 6 atom stereocenters. The van der Waals surface area contributed by atoms with Crippen LogP contribution in [0.25, 0.3) is 0 Å². The average molecular weight is 548 g/mol. The SMILES string of the molecule is C=CCOC(=O)[C@@H]1[C@H]2C(=O)N([C@@H](CO)CC(C)C)C(C(=O)N(CC=C)CCN3CCOCC3)C23CC[C@@]1(C)O3. The van der Waals surface area contributed by atoms with Crippen LogP contribution >= 0.6 is 0 Å². The van der Waals surface area contributed by atoms with Gasteiger partial charge in [-0.25, -0.2) is 0 Å². The molecule has 39 heavy (non-hydrogen) atoms. The Labute approximate surface area is 231 Å². The van der Waals surface area contributed by atoms with E-state index in [1.165, 1.54) is 6.08 Å². The lowest BCUT2D eigenvalue weighted by Gasteiger charge is -2.40. The van der Waals surface area contributed by atoms with E-state index in [9.17, 15) is 19.5 Å². The predicted octanol–water partition coefficient (Wildman–Crippen LogP) is 1.23. The van der Waals surface area contributed by atoms with Gasteiger partial charge in [-0.2, -0.15) is 0 Å². The van der Waals surface area contributed by atoms with E-state index in [1.807, 2.05) is 20.8 Å². The second-order valence-corrected chi connectivity index (χ2v) is 11.9. The fourth-order valence-electron chi connectivity index (χ4n) is 7.15. The molecule has 1 spiro atoms. The smallest absolute Gasteiger partial charge is 0.313 e. The number of hydrogen-bond acceptors (Lipinski definition) is 8. The number of carbonyl (C=O) groups excluding carboxylic acids is 3. The average Bonchev–Trinajstić information content (AvgIpc) is 3.49. The zero-order valence-electron chi connectivity index (χ0n) is 23.7. The first-order chi connectivity index (χ1) is 18.6. The standard InChI is InChI=1S/C29H45N3O7/c1-6-10-31(12-11-30-13-16-37-17-14-30)26(35)24-29-9-8-28(5,39-29)23(27(36)38-15-7-2)22(29)25(34)32(24)21(19-33)18-20(3)4/h6-7,20-24,33H,1-2,8-19H2,3-5H3/t21-,22+,23+,24?,28-,29?/m1/s1. The number of aliphatic hydroxyl groups excluding tert-OH is 1. The van der Waals surface area contributed by atoms with E-state index in [0.717, 1.165) is 13.1 Å². The summed E-state index contributed by atoms with van der Waals surface area (Å²) < 4.78 is 17.6. The van der Waals surface area contributed by atoms with Gasteiger partial charge in [0.25, 0.3) is 0 Å². The highest BCUT2D eigenvalue weighted by Gasteiger charge is 2.79. The number of hydrogen-bond donors (Lipinski definition) is 1. The van der Waals surface area contributed by atoms with E-state index in [-0.39, 0.29) is 30.9 Å². The molecule has 0 saturated carbocycles. The first kappa shape index (κ1) is 29.7. The molecular formula is C29H45N3O7. The summed E-state index contributed by atoms with van der Waals surface area (Å²) in [6, 6.07) is -1.52. The van der Waals surface area contributed by atoms with Crippen LogP contribution in [0, 0.1) is 17.8 Å². The number of fused-ring (bicyclic) bond motifs is 1. The lowest BCUT2D eigenvalue weighted by molar-refractivity contribution is -0.161. The zero-order valence-corrected chi connectivity index (χ0v) is 23.7. The maximum atomic E-state index is 14.5. The van der Waals surface area contributed by atoms with Gasteiger partial charge in [0.15, 0.2) is 0 Å². The summed E-state index contributed by atoms with van der Waals surface area (Å²) in [7, 11) is 0. The summed E-state index contributed by atoms with van der Waals surface area (Å²) >= 11 is 0. The molecule has 0 aromatic carbocycles. The molecule has 0 aromatic rings. The van der Waals surface area contributed by atoms with Crippen molar-refractivity contribution in [3.63, 3.8) is 0 Å².